The molecule has 0 radical (unpaired) electrons. The largest absolute Gasteiger partial charge is 0.497 e. The summed E-state index contributed by atoms with van der Waals surface area (Å²) in [6.07, 6.45) is 0.291. The average Bonchev–Trinajstić information content (AvgIpc) is 3.02. The van der Waals surface area contributed by atoms with Crippen molar-refractivity contribution in [2.75, 3.05) is 19.5 Å². The minimum atomic E-state index is -0.0913. The summed E-state index contributed by atoms with van der Waals surface area (Å²) in [6.45, 7) is 4.01. The number of hydrogen-bond donors (Lipinski definition) is 1. The number of carbonyl (C=O) groups is 1. The van der Waals surface area contributed by atoms with E-state index in [0.29, 0.717) is 11.6 Å². The maximum Gasteiger partial charge on any atom is 0.230 e. The van der Waals surface area contributed by atoms with E-state index in [0.717, 1.165) is 38.8 Å². The second-order valence-electron chi connectivity index (χ2n) is 6.18. The number of aromatic nitrogens is 1. The zero-order valence-corrected chi connectivity index (χ0v) is 16.6. The molecular formula is C21H22N2O3S. The normalized spacial score (nSPS) is 10.5. The van der Waals surface area contributed by atoms with Gasteiger partial charge in [-0.05, 0) is 55.3 Å². The topological polar surface area (TPSA) is 60.5 Å². The standard InChI is InChI=1S/C21H22N2O3S/c1-13-11-16(7-10-18(13)26-4)20-14(2)27-21(23-20)22-19(24)12-15-5-8-17(25-3)9-6-15/h5-11H,12H2,1-4H3,(H,22,23,24). The molecule has 1 amide bonds. The number of methoxy groups -OCH3 is 2. The van der Waals surface area contributed by atoms with Crippen molar-refractivity contribution in [3.63, 3.8) is 0 Å². The molecule has 0 saturated carbocycles. The number of thiazole rings is 1. The number of aryl methyl sites for hydroxylation is 2. The van der Waals surface area contributed by atoms with E-state index in [2.05, 4.69) is 10.3 Å². The van der Waals surface area contributed by atoms with Crippen LogP contribution in [0.4, 0.5) is 5.13 Å². The summed E-state index contributed by atoms with van der Waals surface area (Å²) in [4.78, 5) is 18.0. The van der Waals surface area contributed by atoms with Gasteiger partial charge in [0.25, 0.3) is 0 Å². The predicted octanol–water partition coefficient (Wildman–Crippen LogP) is 4.63. The van der Waals surface area contributed by atoms with Crippen LogP contribution in [0.3, 0.4) is 0 Å². The summed E-state index contributed by atoms with van der Waals surface area (Å²) in [6, 6.07) is 13.4. The van der Waals surface area contributed by atoms with Gasteiger partial charge in [-0.1, -0.05) is 12.1 Å². The number of ether oxygens (including phenoxy) is 2. The maximum absolute atomic E-state index is 12.3. The Bertz CT molecular complexity index is 949. The van der Waals surface area contributed by atoms with Gasteiger partial charge >= 0.3 is 0 Å². The third-order valence-corrected chi connectivity index (χ3v) is 5.12. The molecule has 2 aromatic carbocycles. The molecule has 3 rings (SSSR count). The summed E-state index contributed by atoms with van der Waals surface area (Å²) in [5, 5.41) is 3.51. The smallest absolute Gasteiger partial charge is 0.230 e. The highest BCUT2D eigenvalue weighted by Crippen LogP contribution is 2.32. The summed E-state index contributed by atoms with van der Waals surface area (Å²) in [5.41, 5.74) is 3.86. The van der Waals surface area contributed by atoms with Gasteiger partial charge in [0.1, 0.15) is 11.5 Å². The second kappa shape index (κ2) is 8.22. The van der Waals surface area contributed by atoms with Crippen molar-refractivity contribution in [2.45, 2.75) is 20.3 Å². The molecule has 0 aliphatic rings. The second-order valence-corrected chi connectivity index (χ2v) is 7.38. The lowest BCUT2D eigenvalue weighted by Gasteiger charge is -2.06. The Morgan fingerprint density at radius 3 is 2.44 bits per heavy atom. The van der Waals surface area contributed by atoms with E-state index < -0.39 is 0 Å². The first-order valence-corrected chi connectivity index (χ1v) is 9.37. The lowest BCUT2D eigenvalue weighted by Crippen LogP contribution is -2.14. The molecule has 0 spiro atoms. The van der Waals surface area contributed by atoms with Gasteiger partial charge in [0, 0.05) is 10.4 Å². The van der Waals surface area contributed by atoms with Crippen LogP contribution in [0.15, 0.2) is 42.5 Å². The fraction of sp³-hybridized carbons (Fsp3) is 0.238. The summed E-state index contributed by atoms with van der Waals surface area (Å²) in [7, 11) is 3.28. The molecule has 3 aromatic rings. The van der Waals surface area contributed by atoms with Crippen molar-refractivity contribution in [3.8, 4) is 22.8 Å². The summed E-state index contributed by atoms with van der Waals surface area (Å²) >= 11 is 1.48. The summed E-state index contributed by atoms with van der Waals surface area (Å²) in [5.74, 6) is 1.53. The van der Waals surface area contributed by atoms with Crippen LogP contribution in [0.2, 0.25) is 0 Å². The van der Waals surface area contributed by atoms with Crippen LogP contribution >= 0.6 is 11.3 Å². The van der Waals surface area contributed by atoms with Crippen LogP contribution in [0.5, 0.6) is 11.5 Å². The third kappa shape index (κ3) is 4.46. The van der Waals surface area contributed by atoms with Gasteiger partial charge < -0.3 is 14.8 Å². The minimum Gasteiger partial charge on any atom is -0.497 e. The van der Waals surface area contributed by atoms with Crippen LogP contribution in [-0.2, 0) is 11.2 Å². The van der Waals surface area contributed by atoms with E-state index in [9.17, 15) is 4.79 Å². The molecule has 0 unspecified atom stereocenters. The van der Waals surface area contributed by atoms with Gasteiger partial charge in [-0.15, -0.1) is 11.3 Å². The van der Waals surface area contributed by atoms with Crippen LogP contribution in [-0.4, -0.2) is 25.1 Å². The van der Waals surface area contributed by atoms with E-state index in [4.69, 9.17) is 9.47 Å². The SMILES string of the molecule is COc1ccc(CC(=O)Nc2nc(-c3ccc(OC)c(C)c3)c(C)s2)cc1. The number of nitrogens with one attached hydrogen (secondary N) is 1. The highest BCUT2D eigenvalue weighted by Gasteiger charge is 2.13. The average molecular weight is 382 g/mol. The molecule has 0 saturated heterocycles. The van der Waals surface area contributed by atoms with E-state index in [1.54, 1.807) is 14.2 Å². The minimum absolute atomic E-state index is 0.0913. The molecule has 27 heavy (non-hydrogen) atoms. The van der Waals surface area contributed by atoms with Crippen LogP contribution in [0, 0.1) is 13.8 Å². The molecule has 1 aromatic heterocycles. The van der Waals surface area contributed by atoms with Gasteiger partial charge in [0.05, 0.1) is 26.3 Å². The van der Waals surface area contributed by atoms with Gasteiger partial charge in [0.15, 0.2) is 5.13 Å². The monoisotopic (exact) mass is 382 g/mol. The molecule has 6 heteroatoms. The van der Waals surface area contributed by atoms with Crippen molar-refractivity contribution in [1.82, 2.24) is 4.98 Å². The number of anilines is 1. The molecule has 0 aliphatic carbocycles. The highest BCUT2D eigenvalue weighted by atomic mass is 32.1. The van der Waals surface area contributed by atoms with E-state index >= 15 is 0 Å². The Morgan fingerprint density at radius 2 is 1.81 bits per heavy atom. The Kier molecular flexibility index (Phi) is 5.76. The van der Waals surface area contributed by atoms with E-state index in [1.807, 2.05) is 56.3 Å². The maximum atomic E-state index is 12.3. The van der Waals surface area contributed by atoms with Crippen LogP contribution in [0.1, 0.15) is 16.0 Å². The molecule has 0 bridgehead atoms. The number of benzene rings is 2. The van der Waals surface area contributed by atoms with Gasteiger partial charge in [-0.2, -0.15) is 0 Å². The van der Waals surface area contributed by atoms with Crippen molar-refractivity contribution < 1.29 is 14.3 Å². The fourth-order valence-corrected chi connectivity index (χ4v) is 3.69. The third-order valence-electron chi connectivity index (χ3n) is 4.23. The Morgan fingerprint density at radius 1 is 1.07 bits per heavy atom. The number of amides is 1. The molecule has 140 valence electrons. The van der Waals surface area contributed by atoms with E-state index in [1.165, 1.54) is 11.3 Å². The zero-order valence-electron chi connectivity index (χ0n) is 15.8. The van der Waals surface area contributed by atoms with Crippen LogP contribution < -0.4 is 14.8 Å². The number of rotatable bonds is 6. The van der Waals surface area contributed by atoms with Gasteiger partial charge in [0.2, 0.25) is 5.91 Å². The highest BCUT2D eigenvalue weighted by molar-refractivity contribution is 7.16. The molecule has 0 fully saturated rings. The first-order valence-electron chi connectivity index (χ1n) is 8.55. The zero-order chi connectivity index (χ0) is 19.4. The quantitative estimate of drug-likeness (QED) is 0.675. The first kappa shape index (κ1) is 18.9. The Hall–Kier alpha value is -2.86. The molecule has 1 heterocycles. The molecule has 5 nitrogen and oxygen atoms in total. The van der Waals surface area contributed by atoms with Crippen molar-refractivity contribution >= 4 is 22.4 Å². The van der Waals surface area contributed by atoms with Crippen LogP contribution in [0.25, 0.3) is 11.3 Å². The number of carbonyl (C=O) groups excluding carboxylic acids is 1. The fourth-order valence-electron chi connectivity index (χ4n) is 2.84. The van der Waals surface area contributed by atoms with E-state index in [-0.39, 0.29) is 5.91 Å². The number of hydrogen-bond acceptors (Lipinski definition) is 5. The first-order chi connectivity index (χ1) is 13.0. The van der Waals surface area contributed by atoms with Gasteiger partial charge in [-0.3, -0.25) is 4.79 Å². The molecule has 0 atom stereocenters. The Balaban J connectivity index is 1.72. The van der Waals surface area contributed by atoms with Crippen molar-refractivity contribution in [3.05, 3.63) is 58.5 Å². The van der Waals surface area contributed by atoms with Crippen molar-refractivity contribution in [2.24, 2.45) is 0 Å². The van der Waals surface area contributed by atoms with Crippen molar-refractivity contribution in [1.29, 1.82) is 0 Å². The molecule has 0 aliphatic heterocycles. The van der Waals surface area contributed by atoms with Gasteiger partial charge in [-0.25, -0.2) is 4.98 Å². The molecular weight excluding hydrogens is 360 g/mol. The lowest BCUT2D eigenvalue weighted by molar-refractivity contribution is -0.115. The summed E-state index contributed by atoms with van der Waals surface area (Å²) < 4.78 is 10.4. The molecule has 1 N–H and O–H groups in total. The number of nitrogens with zero attached hydrogens (tertiary/aromatic N) is 1. The predicted molar refractivity (Wildman–Crippen MR) is 109 cm³/mol. The Labute approximate surface area is 163 Å². The lowest BCUT2D eigenvalue weighted by atomic mass is 10.1.